The zero-order valence-electron chi connectivity index (χ0n) is 12.4. The first kappa shape index (κ1) is 14.6. The molecule has 0 saturated heterocycles. The molecule has 0 aliphatic heterocycles. The molecule has 3 aromatic rings. The quantitative estimate of drug-likeness (QED) is 0.604. The second-order valence-corrected chi connectivity index (χ2v) is 5.57. The van der Waals surface area contributed by atoms with Crippen molar-refractivity contribution in [2.75, 3.05) is 7.11 Å². The molecule has 3 aromatic carbocycles. The minimum Gasteiger partial charge on any atom is -0.465 e. The lowest BCUT2D eigenvalue weighted by molar-refractivity contribution is 0.0601. The minimum atomic E-state index is -0.349. The van der Waals surface area contributed by atoms with E-state index >= 15 is 0 Å². The lowest BCUT2D eigenvalue weighted by Gasteiger charge is -2.13. The van der Waals surface area contributed by atoms with Gasteiger partial charge in [0.1, 0.15) is 0 Å². The Morgan fingerprint density at radius 3 is 2.50 bits per heavy atom. The van der Waals surface area contributed by atoms with Gasteiger partial charge in [0.25, 0.3) is 0 Å². The molecule has 0 aromatic heterocycles. The smallest absolute Gasteiger partial charge is 0.337 e. The van der Waals surface area contributed by atoms with Crippen LogP contribution in [0.1, 0.15) is 15.9 Å². The molecule has 0 unspecified atom stereocenters. The zero-order valence-corrected chi connectivity index (χ0v) is 13.1. The fraction of sp³-hybridized carbons (Fsp3) is 0.105. The van der Waals surface area contributed by atoms with Crippen molar-refractivity contribution in [1.82, 2.24) is 0 Å². The number of halogens is 1. The van der Waals surface area contributed by atoms with Crippen LogP contribution in [0.15, 0.2) is 54.6 Å². The van der Waals surface area contributed by atoms with Gasteiger partial charge in [-0.1, -0.05) is 48.0 Å². The van der Waals surface area contributed by atoms with Gasteiger partial charge >= 0.3 is 5.97 Å². The Bertz CT molecular complexity index is 868. The molecule has 3 rings (SSSR count). The number of benzene rings is 3. The second kappa shape index (κ2) is 5.82. The highest BCUT2D eigenvalue weighted by atomic mass is 35.5. The molecular weight excluding hydrogens is 296 g/mol. The minimum absolute atomic E-state index is 0.349. The van der Waals surface area contributed by atoms with E-state index in [4.69, 9.17) is 16.3 Å². The van der Waals surface area contributed by atoms with E-state index in [-0.39, 0.29) is 5.97 Å². The second-order valence-electron chi connectivity index (χ2n) is 5.16. The molecule has 0 aliphatic carbocycles. The number of carbonyl (C=O) groups excluding carboxylic acids is 1. The molecule has 0 aliphatic rings. The van der Waals surface area contributed by atoms with Gasteiger partial charge in [0.15, 0.2) is 0 Å². The molecule has 22 heavy (non-hydrogen) atoms. The van der Waals surface area contributed by atoms with Crippen molar-refractivity contribution in [1.29, 1.82) is 0 Å². The summed E-state index contributed by atoms with van der Waals surface area (Å²) in [4.78, 5) is 11.8. The third-order valence-corrected chi connectivity index (χ3v) is 4.12. The predicted octanol–water partition coefficient (Wildman–Crippen LogP) is 5.26. The van der Waals surface area contributed by atoms with E-state index in [2.05, 4.69) is 13.0 Å². The van der Waals surface area contributed by atoms with Crippen LogP contribution < -0.4 is 0 Å². The molecule has 110 valence electrons. The van der Waals surface area contributed by atoms with E-state index in [9.17, 15) is 4.79 Å². The summed E-state index contributed by atoms with van der Waals surface area (Å²) in [6.07, 6.45) is 0. The predicted molar refractivity (Wildman–Crippen MR) is 90.5 cm³/mol. The Labute approximate surface area is 134 Å². The van der Waals surface area contributed by atoms with Gasteiger partial charge in [-0.3, -0.25) is 0 Å². The van der Waals surface area contributed by atoms with Crippen LogP contribution >= 0.6 is 11.6 Å². The van der Waals surface area contributed by atoms with Crippen molar-refractivity contribution in [2.45, 2.75) is 6.92 Å². The normalized spacial score (nSPS) is 10.7. The maximum absolute atomic E-state index is 11.8. The van der Waals surface area contributed by atoms with Crippen molar-refractivity contribution in [2.24, 2.45) is 0 Å². The Balaban J connectivity index is 2.35. The van der Waals surface area contributed by atoms with Gasteiger partial charge < -0.3 is 4.74 Å². The first-order valence-corrected chi connectivity index (χ1v) is 7.36. The van der Waals surface area contributed by atoms with Crippen LogP contribution in [0.4, 0.5) is 0 Å². The number of hydrogen-bond donors (Lipinski definition) is 0. The summed E-state index contributed by atoms with van der Waals surface area (Å²) in [5, 5.41) is 2.66. The number of ether oxygens (including phenoxy) is 1. The standard InChI is InChI=1S/C19H15ClO2/c1-12-5-3-4-6-15(12)18-16-11-14(19(21)22-2)8-7-13(16)9-10-17(18)20/h3-11H,1-2H3. The summed E-state index contributed by atoms with van der Waals surface area (Å²) in [5.74, 6) is -0.349. The lowest BCUT2D eigenvalue weighted by atomic mass is 9.94. The molecule has 2 nitrogen and oxygen atoms in total. The van der Waals surface area contributed by atoms with Crippen molar-refractivity contribution in [3.05, 3.63) is 70.7 Å². The summed E-state index contributed by atoms with van der Waals surface area (Å²) in [5.41, 5.74) is 3.68. The number of hydrogen-bond acceptors (Lipinski definition) is 2. The Morgan fingerprint density at radius 2 is 1.77 bits per heavy atom. The number of aryl methyl sites for hydroxylation is 1. The van der Waals surface area contributed by atoms with Gasteiger partial charge in [-0.2, -0.15) is 0 Å². The van der Waals surface area contributed by atoms with Crippen LogP contribution in [-0.4, -0.2) is 13.1 Å². The fourth-order valence-corrected chi connectivity index (χ4v) is 2.93. The first-order chi connectivity index (χ1) is 10.6. The zero-order chi connectivity index (χ0) is 15.7. The van der Waals surface area contributed by atoms with Crippen LogP contribution in [0.25, 0.3) is 21.9 Å². The van der Waals surface area contributed by atoms with Gasteiger partial charge in [0.2, 0.25) is 0 Å². The summed E-state index contributed by atoms with van der Waals surface area (Å²) in [7, 11) is 1.38. The Kier molecular flexibility index (Phi) is 3.86. The Morgan fingerprint density at radius 1 is 1.05 bits per heavy atom. The van der Waals surface area contributed by atoms with Crippen LogP contribution in [0, 0.1) is 6.92 Å². The van der Waals surface area contributed by atoms with Gasteiger partial charge in [0.05, 0.1) is 12.7 Å². The highest BCUT2D eigenvalue weighted by Gasteiger charge is 2.13. The maximum atomic E-state index is 11.8. The molecule has 0 radical (unpaired) electrons. The molecule has 0 N–H and O–H groups in total. The molecular formula is C19H15ClO2. The molecule has 3 heteroatoms. The number of fused-ring (bicyclic) bond motifs is 1. The molecule has 0 amide bonds. The molecule has 0 bridgehead atoms. The Hall–Kier alpha value is -2.32. The number of esters is 1. The topological polar surface area (TPSA) is 26.3 Å². The molecule has 0 saturated carbocycles. The van der Waals surface area contributed by atoms with Gasteiger partial charge in [-0.25, -0.2) is 4.79 Å². The SMILES string of the molecule is COC(=O)c1ccc2ccc(Cl)c(-c3ccccc3C)c2c1. The molecule has 0 fully saturated rings. The molecule has 0 heterocycles. The van der Waals surface area contributed by atoms with E-state index in [1.807, 2.05) is 42.5 Å². The molecule has 0 spiro atoms. The lowest BCUT2D eigenvalue weighted by Crippen LogP contribution is -2.00. The van der Waals surface area contributed by atoms with E-state index < -0.39 is 0 Å². The van der Waals surface area contributed by atoms with Crippen molar-refractivity contribution in [3.8, 4) is 11.1 Å². The third kappa shape index (κ3) is 2.46. The third-order valence-electron chi connectivity index (χ3n) is 3.81. The van der Waals surface area contributed by atoms with Crippen molar-refractivity contribution in [3.63, 3.8) is 0 Å². The first-order valence-electron chi connectivity index (χ1n) is 6.98. The highest BCUT2D eigenvalue weighted by Crippen LogP contribution is 2.37. The van der Waals surface area contributed by atoms with Gasteiger partial charge in [0, 0.05) is 10.6 Å². The van der Waals surface area contributed by atoms with Crippen LogP contribution in [0.5, 0.6) is 0 Å². The summed E-state index contributed by atoms with van der Waals surface area (Å²) < 4.78 is 4.81. The van der Waals surface area contributed by atoms with Crippen molar-refractivity contribution >= 4 is 28.3 Å². The molecule has 0 atom stereocenters. The summed E-state index contributed by atoms with van der Waals surface area (Å²) >= 11 is 6.46. The van der Waals surface area contributed by atoms with Gasteiger partial charge in [-0.05, 0) is 47.0 Å². The average Bonchev–Trinajstić information content (AvgIpc) is 2.54. The number of rotatable bonds is 2. The average molecular weight is 311 g/mol. The monoisotopic (exact) mass is 310 g/mol. The maximum Gasteiger partial charge on any atom is 0.337 e. The van der Waals surface area contributed by atoms with Crippen molar-refractivity contribution < 1.29 is 9.53 Å². The van der Waals surface area contributed by atoms with Gasteiger partial charge in [-0.15, -0.1) is 0 Å². The fourth-order valence-electron chi connectivity index (χ4n) is 2.67. The van der Waals surface area contributed by atoms with E-state index in [1.165, 1.54) is 7.11 Å². The highest BCUT2D eigenvalue weighted by molar-refractivity contribution is 6.35. The largest absolute Gasteiger partial charge is 0.465 e. The van der Waals surface area contributed by atoms with Crippen LogP contribution in [0.2, 0.25) is 5.02 Å². The summed E-state index contributed by atoms with van der Waals surface area (Å²) in [6, 6.07) is 17.5. The summed E-state index contributed by atoms with van der Waals surface area (Å²) in [6.45, 7) is 2.05. The van der Waals surface area contributed by atoms with Crippen LogP contribution in [-0.2, 0) is 4.74 Å². The van der Waals surface area contributed by atoms with Crippen LogP contribution in [0.3, 0.4) is 0 Å². The number of carbonyl (C=O) groups is 1. The van der Waals surface area contributed by atoms with E-state index in [1.54, 1.807) is 6.07 Å². The number of methoxy groups -OCH3 is 1. The van der Waals surface area contributed by atoms with E-state index in [0.29, 0.717) is 10.6 Å². The van der Waals surface area contributed by atoms with E-state index in [0.717, 1.165) is 27.5 Å².